The fourth-order valence-electron chi connectivity index (χ4n) is 1.68. The van der Waals surface area contributed by atoms with Crippen LogP contribution in [0.25, 0.3) is 0 Å². The molecule has 0 aliphatic heterocycles. The molecule has 0 bridgehead atoms. The zero-order valence-electron chi connectivity index (χ0n) is 10.6. The highest BCUT2D eigenvalue weighted by atomic mass is 16.5. The first-order valence-corrected chi connectivity index (χ1v) is 5.78. The third-order valence-electron chi connectivity index (χ3n) is 2.58. The number of nitrogens with two attached hydrogens (primary N) is 1. The molecule has 0 aliphatic carbocycles. The number of rotatable bonds is 4. The van der Waals surface area contributed by atoms with Crippen LogP contribution in [0, 0.1) is 11.3 Å². The van der Waals surface area contributed by atoms with Crippen LogP contribution in [0.4, 0.5) is 5.69 Å². The number of nitriles is 1. The summed E-state index contributed by atoms with van der Waals surface area (Å²) in [5.41, 5.74) is 7.85. The molecule has 0 radical (unpaired) electrons. The van der Waals surface area contributed by atoms with Gasteiger partial charge in [0.1, 0.15) is 5.75 Å². The minimum atomic E-state index is 0.480. The maximum absolute atomic E-state index is 8.87. The van der Waals surface area contributed by atoms with Crippen molar-refractivity contribution in [2.75, 3.05) is 12.8 Å². The van der Waals surface area contributed by atoms with Crippen molar-refractivity contribution >= 4 is 5.69 Å². The molecule has 0 aliphatic rings. The maximum Gasteiger partial charge on any atom is 0.151 e. The zero-order chi connectivity index (χ0) is 13.7. The van der Waals surface area contributed by atoms with Gasteiger partial charge in [0.05, 0.1) is 23.9 Å². The number of hydrogen-bond donors (Lipinski definition) is 1. The number of nitrogen functional groups attached to an aromatic ring is 1. The average molecular weight is 254 g/mol. The van der Waals surface area contributed by atoms with Gasteiger partial charge < -0.3 is 15.2 Å². The predicted molar refractivity (Wildman–Crippen MR) is 72.8 cm³/mol. The zero-order valence-corrected chi connectivity index (χ0v) is 10.6. The average Bonchev–Trinajstić information content (AvgIpc) is 2.42. The van der Waals surface area contributed by atoms with Crippen LogP contribution in [0.1, 0.15) is 11.1 Å². The van der Waals surface area contributed by atoms with E-state index in [9.17, 15) is 0 Å². The fourth-order valence-corrected chi connectivity index (χ4v) is 1.68. The van der Waals surface area contributed by atoms with Crippen LogP contribution in [-0.2, 0) is 11.3 Å². The summed E-state index contributed by atoms with van der Waals surface area (Å²) in [5.74, 6) is 1.14. The number of hydrogen-bond acceptors (Lipinski definition) is 4. The van der Waals surface area contributed by atoms with E-state index in [1.807, 2.05) is 24.3 Å². The van der Waals surface area contributed by atoms with Crippen molar-refractivity contribution in [3.05, 3.63) is 53.6 Å². The molecule has 2 rings (SSSR count). The van der Waals surface area contributed by atoms with Gasteiger partial charge >= 0.3 is 0 Å². The van der Waals surface area contributed by atoms with E-state index in [1.165, 1.54) is 0 Å². The van der Waals surface area contributed by atoms with Gasteiger partial charge in [0.2, 0.25) is 0 Å². The van der Waals surface area contributed by atoms with Gasteiger partial charge in [-0.2, -0.15) is 5.26 Å². The van der Waals surface area contributed by atoms with E-state index in [0.29, 0.717) is 29.4 Å². The molecule has 19 heavy (non-hydrogen) atoms. The molecule has 0 fully saturated rings. The Labute approximate surface area is 112 Å². The van der Waals surface area contributed by atoms with Gasteiger partial charge in [-0.25, -0.2) is 0 Å². The van der Waals surface area contributed by atoms with Crippen molar-refractivity contribution in [1.82, 2.24) is 0 Å². The second-order valence-electron chi connectivity index (χ2n) is 4.05. The van der Waals surface area contributed by atoms with Crippen LogP contribution in [0.2, 0.25) is 0 Å². The minimum Gasteiger partial charge on any atom is -0.455 e. The van der Waals surface area contributed by atoms with Crippen LogP contribution in [0.5, 0.6) is 11.5 Å². The summed E-state index contributed by atoms with van der Waals surface area (Å²) in [7, 11) is 1.64. The molecule has 2 aromatic rings. The fraction of sp³-hybridized carbons (Fsp3) is 0.133. The molecular formula is C15H14N2O2. The lowest BCUT2D eigenvalue weighted by atomic mass is 10.2. The molecule has 0 aromatic heterocycles. The topological polar surface area (TPSA) is 68.3 Å². The van der Waals surface area contributed by atoms with Crippen molar-refractivity contribution < 1.29 is 9.47 Å². The van der Waals surface area contributed by atoms with Gasteiger partial charge in [-0.3, -0.25) is 0 Å². The van der Waals surface area contributed by atoms with Crippen molar-refractivity contribution in [2.24, 2.45) is 0 Å². The largest absolute Gasteiger partial charge is 0.455 e. The Kier molecular flexibility index (Phi) is 4.01. The predicted octanol–water partition coefficient (Wildman–Crippen LogP) is 3.08. The Morgan fingerprint density at radius 3 is 2.79 bits per heavy atom. The molecule has 2 N–H and O–H groups in total. The van der Waals surface area contributed by atoms with Gasteiger partial charge in [0.25, 0.3) is 0 Å². The molecule has 4 nitrogen and oxygen atoms in total. The molecule has 0 saturated heterocycles. The lowest BCUT2D eigenvalue weighted by Gasteiger charge is -2.09. The summed E-state index contributed by atoms with van der Waals surface area (Å²) in [5, 5.41) is 8.87. The summed E-state index contributed by atoms with van der Waals surface area (Å²) in [6, 6.07) is 14.5. The third-order valence-corrected chi connectivity index (χ3v) is 2.58. The molecule has 0 atom stereocenters. The molecule has 96 valence electrons. The van der Waals surface area contributed by atoms with Gasteiger partial charge in [-0.05, 0) is 29.8 Å². The smallest absolute Gasteiger partial charge is 0.151 e. The molecule has 0 unspecified atom stereocenters. The Balaban J connectivity index is 2.26. The third kappa shape index (κ3) is 3.24. The van der Waals surface area contributed by atoms with Crippen molar-refractivity contribution in [3.8, 4) is 17.6 Å². The van der Waals surface area contributed by atoms with E-state index in [4.69, 9.17) is 20.5 Å². The molecule has 0 saturated carbocycles. The number of nitrogens with zero attached hydrogens (tertiary/aromatic N) is 1. The van der Waals surface area contributed by atoms with Crippen LogP contribution in [0.15, 0.2) is 42.5 Å². The summed E-state index contributed by atoms with van der Waals surface area (Å²) in [4.78, 5) is 0. The van der Waals surface area contributed by atoms with E-state index < -0.39 is 0 Å². The monoisotopic (exact) mass is 254 g/mol. The molecule has 2 aromatic carbocycles. The number of anilines is 1. The van der Waals surface area contributed by atoms with Gasteiger partial charge in [0, 0.05) is 13.2 Å². The highest BCUT2D eigenvalue weighted by molar-refractivity contribution is 5.57. The molecule has 4 heteroatoms. The second-order valence-corrected chi connectivity index (χ2v) is 4.05. The lowest BCUT2D eigenvalue weighted by Crippen LogP contribution is -1.94. The first-order chi connectivity index (χ1) is 9.22. The summed E-state index contributed by atoms with van der Waals surface area (Å²) < 4.78 is 10.8. The number of methoxy groups -OCH3 is 1. The maximum atomic E-state index is 8.87. The van der Waals surface area contributed by atoms with E-state index >= 15 is 0 Å². The normalized spacial score (nSPS) is 9.89. The van der Waals surface area contributed by atoms with Gasteiger partial charge in [0.15, 0.2) is 5.75 Å². The summed E-state index contributed by atoms with van der Waals surface area (Å²) >= 11 is 0. The lowest BCUT2D eigenvalue weighted by molar-refractivity contribution is 0.184. The van der Waals surface area contributed by atoms with Crippen molar-refractivity contribution in [2.45, 2.75) is 6.61 Å². The standard InChI is InChI=1S/C15H14N2O2/c1-18-10-12-3-2-4-13(7-12)19-15-8-11(9-16)5-6-14(15)17/h2-8H,10,17H2,1H3. The summed E-state index contributed by atoms with van der Waals surface area (Å²) in [6.07, 6.45) is 0. The Bertz CT molecular complexity index is 618. The first kappa shape index (κ1) is 12.9. The molecular weight excluding hydrogens is 240 g/mol. The second kappa shape index (κ2) is 5.89. The van der Waals surface area contributed by atoms with Gasteiger partial charge in [-0.15, -0.1) is 0 Å². The van der Waals surface area contributed by atoms with E-state index in [-0.39, 0.29) is 0 Å². The quantitative estimate of drug-likeness (QED) is 0.851. The Hall–Kier alpha value is -2.51. The van der Waals surface area contributed by atoms with E-state index in [0.717, 1.165) is 5.56 Å². The number of ether oxygens (including phenoxy) is 2. The Morgan fingerprint density at radius 2 is 2.05 bits per heavy atom. The highest BCUT2D eigenvalue weighted by Gasteiger charge is 2.04. The van der Waals surface area contributed by atoms with Crippen LogP contribution in [0.3, 0.4) is 0 Å². The van der Waals surface area contributed by atoms with Crippen LogP contribution >= 0.6 is 0 Å². The minimum absolute atomic E-state index is 0.480. The number of benzene rings is 2. The molecule has 0 heterocycles. The first-order valence-electron chi connectivity index (χ1n) is 5.78. The van der Waals surface area contributed by atoms with E-state index in [1.54, 1.807) is 25.3 Å². The SMILES string of the molecule is COCc1cccc(Oc2cc(C#N)ccc2N)c1. The van der Waals surface area contributed by atoms with Crippen LogP contribution in [-0.4, -0.2) is 7.11 Å². The van der Waals surface area contributed by atoms with Crippen molar-refractivity contribution in [1.29, 1.82) is 5.26 Å². The van der Waals surface area contributed by atoms with Gasteiger partial charge in [-0.1, -0.05) is 12.1 Å². The Morgan fingerprint density at radius 1 is 1.21 bits per heavy atom. The van der Waals surface area contributed by atoms with Crippen LogP contribution < -0.4 is 10.5 Å². The molecule has 0 spiro atoms. The summed E-state index contributed by atoms with van der Waals surface area (Å²) in [6.45, 7) is 0.519. The molecule has 0 amide bonds. The van der Waals surface area contributed by atoms with E-state index in [2.05, 4.69) is 6.07 Å². The highest BCUT2D eigenvalue weighted by Crippen LogP contribution is 2.28. The van der Waals surface area contributed by atoms with Crippen molar-refractivity contribution in [3.63, 3.8) is 0 Å².